The van der Waals surface area contributed by atoms with Crippen LogP contribution in [0, 0.1) is 18.1 Å². The van der Waals surface area contributed by atoms with Crippen LogP contribution >= 0.6 is 0 Å². The summed E-state index contributed by atoms with van der Waals surface area (Å²) in [5.74, 6) is 3.90. The SMILES string of the molecule is CCCc1nn(-c2[c-]c(Oc3[c-]c4c(cc3)c3ccccc3n4-c3cc(C(C)C)ccn3)cc(C(C)C)c2)c(CCC)c1C1C(C)=CCC[C@@H]1C.[Pt+2]. The second-order valence-corrected chi connectivity index (χ2v) is 15.2. The zero-order valence-electron chi connectivity index (χ0n) is 32.0. The molecule has 1 unspecified atom stereocenters. The summed E-state index contributed by atoms with van der Waals surface area (Å²) in [6.45, 7) is 18.2. The Hall–Kier alpha value is -3.95. The van der Waals surface area contributed by atoms with Crippen LogP contribution in [-0.4, -0.2) is 19.3 Å². The molecule has 0 saturated carbocycles. The first-order valence-corrected chi connectivity index (χ1v) is 19.1. The summed E-state index contributed by atoms with van der Waals surface area (Å²) in [5, 5.41) is 7.68. The normalized spacial score (nSPS) is 16.2. The van der Waals surface area contributed by atoms with Gasteiger partial charge in [-0.05, 0) is 85.2 Å². The monoisotopic (exact) mass is 871 g/mol. The van der Waals surface area contributed by atoms with E-state index in [2.05, 4.69) is 137 Å². The number of para-hydroxylation sites is 1. The summed E-state index contributed by atoms with van der Waals surface area (Å²) in [4.78, 5) is 4.83. The van der Waals surface area contributed by atoms with Gasteiger partial charge in [-0.15, -0.1) is 41.3 Å². The van der Waals surface area contributed by atoms with Crippen molar-refractivity contribution in [3.8, 4) is 23.0 Å². The average molecular weight is 872 g/mol. The number of nitrogens with zero attached hydrogens (tertiary/aromatic N) is 4. The molecule has 1 aliphatic carbocycles. The van der Waals surface area contributed by atoms with Gasteiger partial charge >= 0.3 is 21.1 Å². The first-order chi connectivity index (χ1) is 24.7. The topological polar surface area (TPSA) is 44.9 Å². The Morgan fingerprint density at radius 2 is 1.63 bits per heavy atom. The third-order valence-corrected chi connectivity index (χ3v) is 10.7. The van der Waals surface area contributed by atoms with E-state index in [1.165, 1.54) is 51.9 Å². The van der Waals surface area contributed by atoms with E-state index in [0.29, 0.717) is 35.2 Å². The maximum Gasteiger partial charge on any atom is 2.00 e. The number of pyridine rings is 1. The first kappa shape index (κ1) is 37.8. The van der Waals surface area contributed by atoms with E-state index in [4.69, 9.17) is 14.8 Å². The molecule has 6 aromatic rings. The van der Waals surface area contributed by atoms with Gasteiger partial charge in [-0.1, -0.05) is 96.7 Å². The molecule has 0 radical (unpaired) electrons. The molecule has 6 heteroatoms. The minimum absolute atomic E-state index is 0. The quantitative estimate of drug-likeness (QED) is 0.0962. The van der Waals surface area contributed by atoms with Gasteiger partial charge in [0, 0.05) is 40.4 Å². The largest absolute Gasteiger partial charge is 2.00 e. The molecule has 3 aromatic carbocycles. The van der Waals surface area contributed by atoms with E-state index in [-0.39, 0.29) is 21.1 Å². The summed E-state index contributed by atoms with van der Waals surface area (Å²) < 4.78 is 11.1. The number of allylic oxidation sites excluding steroid dienone is 2. The first-order valence-electron chi connectivity index (χ1n) is 19.1. The molecule has 272 valence electrons. The summed E-state index contributed by atoms with van der Waals surface area (Å²) in [7, 11) is 0. The Balaban J connectivity index is 0.00000464. The van der Waals surface area contributed by atoms with Crippen LogP contribution in [-0.2, 0) is 33.9 Å². The third kappa shape index (κ3) is 7.18. The Labute approximate surface area is 324 Å². The van der Waals surface area contributed by atoms with Gasteiger partial charge < -0.3 is 9.30 Å². The van der Waals surface area contributed by atoms with Gasteiger partial charge in [0.25, 0.3) is 0 Å². The van der Waals surface area contributed by atoms with E-state index in [1.54, 1.807) is 0 Å². The van der Waals surface area contributed by atoms with Crippen LogP contribution in [0.1, 0.15) is 127 Å². The van der Waals surface area contributed by atoms with E-state index in [9.17, 15) is 0 Å². The minimum Gasteiger partial charge on any atom is -0.509 e. The van der Waals surface area contributed by atoms with E-state index >= 15 is 0 Å². The molecule has 3 heterocycles. The van der Waals surface area contributed by atoms with Crippen molar-refractivity contribution in [3.63, 3.8) is 0 Å². The summed E-state index contributed by atoms with van der Waals surface area (Å²) in [6, 6.07) is 28.7. The van der Waals surface area contributed by atoms with Gasteiger partial charge in [0.1, 0.15) is 5.82 Å². The number of fused-ring (bicyclic) bond motifs is 3. The zero-order valence-corrected chi connectivity index (χ0v) is 34.3. The van der Waals surface area contributed by atoms with Crippen molar-refractivity contribution in [1.29, 1.82) is 0 Å². The van der Waals surface area contributed by atoms with Gasteiger partial charge in [-0.3, -0.25) is 4.68 Å². The predicted molar refractivity (Wildman–Crippen MR) is 211 cm³/mol. The van der Waals surface area contributed by atoms with Crippen LogP contribution in [0.25, 0.3) is 33.3 Å². The van der Waals surface area contributed by atoms with Gasteiger partial charge in [0.15, 0.2) is 0 Å². The van der Waals surface area contributed by atoms with Crippen LogP contribution in [0.5, 0.6) is 11.5 Å². The molecule has 0 N–H and O–H groups in total. The van der Waals surface area contributed by atoms with Crippen LogP contribution in [0.15, 0.2) is 78.5 Å². The summed E-state index contributed by atoms with van der Waals surface area (Å²) in [5.41, 5.74) is 10.9. The second kappa shape index (κ2) is 16.0. The molecule has 0 aliphatic heterocycles. The predicted octanol–water partition coefficient (Wildman–Crippen LogP) is 12.4. The molecular formula is C46H52N4OPt. The molecule has 0 fully saturated rings. The fraction of sp³-hybridized carbons (Fsp3) is 0.391. The number of hydrogen-bond donors (Lipinski definition) is 0. The van der Waals surface area contributed by atoms with Crippen molar-refractivity contribution in [3.05, 3.63) is 119 Å². The molecule has 7 rings (SSSR count). The van der Waals surface area contributed by atoms with E-state index < -0.39 is 0 Å². The van der Waals surface area contributed by atoms with Crippen LogP contribution in [0.4, 0.5) is 0 Å². The maximum atomic E-state index is 6.73. The fourth-order valence-electron chi connectivity index (χ4n) is 8.06. The Bertz CT molecular complexity index is 2220. The smallest absolute Gasteiger partial charge is 0.509 e. The molecule has 0 saturated heterocycles. The van der Waals surface area contributed by atoms with Crippen LogP contribution in [0.2, 0.25) is 0 Å². The Morgan fingerprint density at radius 3 is 2.37 bits per heavy atom. The second-order valence-electron chi connectivity index (χ2n) is 15.2. The van der Waals surface area contributed by atoms with Crippen molar-refractivity contribution < 1.29 is 25.8 Å². The van der Waals surface area contributed by atoms with Crippen molar-refractivity contribution in [2.24, 2.45) is 5.92 Å². The number of aromatic nitrogens is 4. The molecule has 52 heavy (non-hydrogen) atoms. The summed E-state index contributed by atoms with van der Waals surface area (Å²) in [6.07, 6.45) is 10.8. The van der Waals surface area contributed by atoms with Crippen LogP contribution in [0.3, 0.4) is 0 Å². The van der Waals surface area contributed by atoms with Gasteiger partial charge in [-0.2, -0.15) is 11.2 Å². The minimum atomic E-state index is 0. The van der Waals surface area contributed by atoms with Gasteiger partial charge in [0.05, 0.1) is 5.69 Å². The van der Waals surface area contributed by atoms with Crippen LogP contribution < -0.4 is 4.74 Å². The Kier molecular flexibility index (Phi) is 11.6. The van der Waals surface area contributed by atoms with E-state index in [0.717, 1.165) is 53.6 Å². The molecule has 1 aliphatic rings. The van der Waals surface area contributed by atoms with Crippen molar-refractivity contribution in [1.82, 2.24) is 19.3 Å². The summed E-state index contributed by atoms with van der Waals surface area (Å²) >= 11 is 0. The Morgan fingerprint density at radius 1 is 0.865 bits per heavy atom. The molecule has 2 atom stereocenters. The molecular weight excluding hydrogens is 820 g/mol. The third-order valence-electron chi connectivity index (χ3n) is 10.7. The average Bonchev–Trinajstić information content (AvgIpc) is 3.63. The number of rotatable bonds is 11. The number of ether oxygens (including phenoxy) is 1. The van der Waals surface area contributed by atoms with Gasteiger partial charge in [0.2, 0.25) is 0 Å². The molecule has 0 bridgehead atoms. The van der Waals surface area contributed by atoms with Crippen molar-refractivity contribution in [2.75, 3.05) is 0 Å². The fourth-order valence-corrected chi connectivity index (χ4v) is 8.06. The number of benzene rings is 3. The molecule has 0 spiro atoms. The molecule has 3 aromatic heterocycles. The van der Waals surface area contributed by atoms with Crippen molar-refractivity contribution in [2.45, 2.75) is 112 Å². The number of aryl methyl sites for hydroxylation is 1. The maximum absolute atomic E-state index is 6.73. The zero-order chi connectivity index (χ0) is 35.8. The van der Waals surface area contributed by atoms with E-state index in [1.807, 2.05) is 12.3 Å². The van der Waals surface area contributed by atoms with Gasteiger partial charge in [-0.25, -0.2) is 4.98 Å². The van der Waals surface area contributed by atoms with Crippen molar-refractivity contribution >= 4 is 21.8 Å². The number of hydrogen-bond acceptors (Lipinski definition) is 3. The molecule has 5 nitrogen and oxygen atoms in total. The molecule has 0 amide bonds. The standard InChI is InChI=1S/C46H52N4O.Pt/c1-9-14-40-46(45-31(7)16-13-17-32(45)8)42(15-10-2)50(48-40)35-24-34(30(5)6)25-37(27-35)51-36-20-21-39-38-18-11-12-19-41(38)49(43(39)28-36)44-26-33(29(3)4)22-23-47-44;/h11-12,16,18-26,29-30,32,45H,9-10,13-15,17H2,1-8H3;/q-2;+2/t32-,45?;/m0./s1.